The molecule has 2 fully saturated rings. The molecule has 1 heterocycles. The Morgan fingerprint density at radius 2 is 1.84 bits per heavy atom. The number of nitrogens with zero attached hydrogens (tertiary/aromatic N) is 2. The molecular weight excluding hydrogens is 264 g/mol. The molecule has 0 aromatic rings. The highest BCUT2D eigenvalue weighted by Gasteiger charge is 2.38. The monoisotopic (exact) mass is 290 g/mol. The van der Waals surface area contributed by atoms with E-state index in [1.165, 1.54) is 6.42 Å². The molecule has 0 spiro atoms. The summed E-state index contributed by atoms with van der Waals surface area (Å²) in [5.41, 5.74) is 0. The fourth-order valence-electron chi connectivity index (χ4n) is 3.17. The highest BCUT2D eigenvalue weighted by Crippen LogP contribution is 2.28. The molecular formula is C13H26N2O3S. The van der Waals surface area contributed by atoms with E-state index in [4.69, 9.17) is 0 Å². The average Bonchev–Trinajstić information content (AvgIpc) is 2.89. The van der Waals surface area contributed by atoms with Crippen molar-refractivity contribution < 1.29 is 13.5 Å². The highest BCUT2D eigenvalue weighted by atomic mass is 32.2. The maximum absolute atomic E-state index is 12.6. The van der Waals surface area contributed by atoms with Gasteiger partial charge in [0.2, 0.25) is 0 Å². The Balaban J connectivity index is 2.01. The molecule has 2 rings (SSSR count). The smallest absolute Gasteiger partial charge is 0.281 e. The lowest BCUT2D eigenvalue weighted by molar-refractivity contribution is 0.132. The maximum Gasteiger partial charge on any atom is 0.281 e. The van der Waals surface area contributed by atoms with Crippen LogP contribution in [0.4, 0.5) is 0 Å². The van der Waals surface area contributed by atoms with E-state index in [1.807, 2.05) is 0 Å². The summed E-state index contributed by atoms with van der Waals surface area (Å²) in [5.74, 6) is 0.0783. The molecule has 2 aliphatic rings. The first-order valence-corrected chi connectivity index (χ1v) is 8.74. The Kier molecular flexibility index (Phi) is 4.87. The molecule has 6 heteroatoms. The molecule has 0 bridgehead atoms. The molecule has 0 aromatic carbocycles. The summed E-state index contributed by atoms with van der Waals surface area (Å²) in [4.78, 5) is 0. The average molecular weight is 290 g/mol. The van der Waals surface area contributed by atoms with Gasteiger partial charge in [-0.05, 0) is 32.1 Å². The number of aliphatic hydroxyl groups excluding tert-OH is 1. The molecule has 1 aliphatic heterocycles. The molecule has 1 saturated carbocycles. The van der Waals surface area contributed by atoms with Gasteiger partial charge in [0.25, 0.3) is 10.2 Å². The lowest BCUT2D eigenvalue weighted by Gasteiger charge is -2.33. The van der Waals surface area contributed by atoms with E-state index in [1.54, 1.807) is 22.6 Å². The van der Waals surface area contributed by atoms with Crippen molar-refractivity contribution in [1.29, 1.82) is 0 Å². The number of hydrogen-bond donors (Lipinski definition) is 1. The minimum Gasteiger partial charge on any atom is -0.393 e. The van der Waals surface area contributed by atoms with Crippen molar-refractivity contribution in [1.82, 2.24) is 8.61 Å². The molecule has 1 N–H and O–H groups in total. The van der Waals surface area contributed by atoms with Gasteiger partial charge in [0.05, 0.1) is 6.10 Å². The maximum atomic E-state index is 12.6. The molecule has 5 nitrogen and oxygen atoms in total. The minimum atomic E-state index is -3.35. The van der Waals surface area contributed by atoms with E-state index < -0.39 is 16.3 Å². The first kappa shape index (κ1) is 15.2. The van der Waals surface area contributed by atoms with Crippen molar-refractivity contribution in [3.05, 3.63) is 0 Å². The quantitative estimate of drug-likeness (QED) is 0.846. The first-order valence-electron chi connectivity index (χ1n) is 7.34. The molecule has 0 amide bonds. The van der Waals surface area contributed by atoms with E-state index >= 15 is 0 Å². The van der Waals surface area contributed by atoms with Gasteiger partial charge in [-0.25, -0.2) is 0 Å². The summed E-state index contributed by atoms with van der Waals surface area (Å²) in [6.45, 7) is 2.73. The summed E-state index contributed by atoms with van der Waals surface area (Å²) < 4.78 is 28.2. The lowest BCUT2D eigenvalue weighted by atomic mass is 9.96. The molecule has 2 atom stereocenters. The molecule has 19 heavy (non-hydrogen) atoms. The van der Waals surface area contributed by atoms with Crippen LogP contribution in [-0.2, 0) is 10.2 Å². The van der Waals surface area contributed by atoms with Gasteiger partial charge in [-0.3, -0.25) is 0 Å². The van der Waals surface area contributed by atoms with Crippen LogP contribution in [-0.4, -0.2) is 54.4 Å². The fraction of sp³-hybridized carbons (Fsp3) is 1.00. The normalized spacial score (nSPS) is 28.9. The third kappa shape index (κ3) is 3.29. The van der Waals surface area contributed by atoms with Crippen LogP contribution in [0.2, 0.25) is 0 Å². The standard InChI is InChI=1S/C13H26N2O3S/c1-11(16)12-8-9-15(10-12)19(17,18)14(2)13-6-4-3-5-7-13/h11-13,16H,3-10H2,1-2H3. The molecule has 2 unspecified atom stereocenters. The molecule has 0 radical (unpaired) electrons. The predicted molar refractivity (Wildman–Crippen MR) is 74.9 cm³/mol. The fourth-order valence-corrected chi connectivity index (χ4v) is 4.84. The Bertz CT molecular complexity index is 391. The zero-order chi connectivity index (χ0) is 14.0. The number of rotatable bonds is 4. The summed E-state index contributed by atoms with van der Waals surface area (Å²) in [6, 6.07) is 0.157. The SMILES string of the molecule is CC(O)C1CCN(S(=O)(=O)N(C)C2CCCCC2)C1. The van der Waals surface area contributed by atoms with Crippen LogP contribution < -0.4 is 0 Å². The topological polar surface area (TPSA) is 60.9 Å². The van der Waals surface area contributed by atoms with E-state index in [0.717, 1.165) is 32.1 Å². The van der Waals surface area contributed by atoms with Gasteiger partial charge in [0.1, 0.15) is 0 Å². The lowest BCUT2D eigenvalue weighted by Crippen LogP contribution is -2.46. The van der Waals surface area contributed by atoms with Crippen molar-refractivity contribution in [2.45, 2.75) is 57.6 Å². The number of hydrogen-bond acceptors (Lipinski definition) is 3. The van der Waals surface area contributed by atoms with Crippen molar-refractivity contribution in [2.24, 2.45) is 5.92 Å². The van der Waals surface area contributed by atoms with Gasteiger partial charge in [-0.1, -0.05) is 19.3 Å². The van der Waals surface area contributed by atoms with Gasteiger partial charge in [-0.15, -0.1) is 0 Å². The first-order chi connectivity index (χ1) is 8.93. The summed E-state index contributed by atoms with van der Waals surface area (Å²) in [7, 11) is -1.64. The minimum absolute atomic E-state index is 0.0783. The van der Waals surface area contributed by atoms with Gasteiger partial charge < -0.3 is 5.11 Å². The third-order valence-corrected chi connectivity index (χ3v) is 6.66. The van der Waals surface area contributed by atoms with Crippen molar-refractivity contribution in [3.63, 3.8) is 0 Å². The van der Waals surface area contributed by atoms with Gasteiger partial charge in [0.15, 0.2) is 0 Å². The second-order valence-corrected chi connectivity index (χ2v) is 7.95. The van der Waals surface area contributed by atoms with E-state index in [2.05, 4.69) is 0 Å². The zero-order valence-electron chi connectivity index (χ0n) is 12.0. The predicted octanol–water partition coefficient (Wildman–Crippen LogP) is 1.20. The third-order valence-electron chi connectivity index (χ3n) is 4.65. The Labute approximate surface area is 116 Å². The van der Waals surface area contributed by atoms with Crippen LogP contribution in [0.15, 0.2) is 0 Å². The van der Waals surface area contributed by atoms with E-state index in [0.29, 0.717) is 13.1 Å². The van der Waals surface area contributed by atoms with Crippen LogP contribution >= 0.6 is 0 Å². The Morgan fingerprint density at radius 3 is 2.37 bits per heavy atom. The van der Waals surface area contributed by atoms with Gasteiger partial charge in [0, 0.05) is 26.2 Å². The van der Waals surface area contributed by atoms with Crippen molar-refractivity contribution >= 4 is 10.2 Å². The second kappa shape index (κ2) is 6.08. The second-order valence-electron chi connectivity index (χ2n) is 5.96. The van der Waals surface area contributed by atoms with Crippen molar-refractivity contribution in [2.75, 3.05) is 20.1 Å². The Morgan fingerprint density at radius 1 is 1.21 bits per heavy atom. The largest absolute Gasteiger partial charge is 0.393 e. The van der Waals surface area contributed by atoms with Crippen LogP contribution in [0, 0.1) is 5.92 Å². The zero-order valence-corrected chi connectivity index (χ0v) is 12.8. The summed E-state index contributed by atoms with van der Waals surface area (Å²) in [6.07, 6.45) is 5.75. The van der Waals surface area contributed by atoms with Crippen LogP contribution in [0.5, 0.6) is 0 Å². The van der Waals surface area contributed by atoms with Crippen LogP contribution in [0.25, 0.3) is 0 Å². The summed E-state index contributed by atoms with van der Waals surface area (Å²) in [5, 5.41) is 9.59. The van der Waals surface area contributed by atoms with Gasteiger partial charge >= 0.3 is 0 Å². The number of aliphatic hydroxyl groups is 1. The molecule has 1 saturated heterocycles. The van der Waals surface area contributed by atoms with Crippen molar-refractivity contribution in [3.8, 4) is 0 Å². The van der Waals surface area contributed by atoms with Gasteiger partial charge in [-0.2, -0.15) is 17.0 Å². The molecule has 1 aliphatic carbocycles. The summed E-state index contributed by atoms with van der Waals surface area (Å²) >= 11 is 0. The van der Waals surface area contributed by atoms with E-state index in [-0.39, 0.29) is 12.0 Å². The Hall–Kier alpha value is -0.170. The van der Waals surface area contributed by atoms with Crippen LogP contribution in [0.3, 0.4) is 0 Å². The molecule has 0 aromatic heterocycles. The highest BCUT2D eigenvalue weighted by molar-refractivity contribution is 7.86. The van der Waals surface area contributed by atoms with Crippen LogP contribution in [0.1, 0.15) is 45.4 Å². The molecule has 112 valence electrons. The van der Waals surface area contributed by atoms with E-state index in [9.17, 15) is 13.5 Å².